The fourth-order valence-corrected chi connectivity index (χ4v) is 2.59. The predicted molar refractivity (Wildman–Crippen MR) is 87.2 cm³/mol. The Balaban J connectivity index is 2.20. The summed E-state index contributed by atoms with van der Waals surface area (Å²) in [4.78, 5) is 21.2. The molecule has 0 aliphatic heterocycles. The van der Waals surface area contributed by atoms with E-state index in [-0.39, 0.29) is 12.1 Å². The first-order valence-corrected chi connectivity index (χ1v) is 7.17. The minimum absolute atomic E-state index is 0.143. The SMILES string of the molecule is COc1ccnc(Cn2c(=O)c(C)nc3ccccc32)c1OC. The van der Waals surface area contributed by atoms with Crippen molar-refractivity contribution in [3.8, 4) is 11.5 Å². The van der Waals surface area contributed by atoms with Crippen molar-refractivity contribution in [1.29, 1.82) is 0 Å². The van der Waals surface area contributed by atoms with Crippen LogP contribution in [0.1, 0.15) is 11.4 Å². The monoisotopic (exact) mass is 311 g/mol. The van der Waals surface area contributed by atoms with Crippen molar-refractivity contribution >= 4 is 11.0 Å². The van der Waals surface area contributed by atoms with Gasteiger partial charge in [0.1, 0.15) is 11.4 Å². The second-order valence-corrected chi connectivity index (χ2v) is 5.07. The summed E-state index contributed by atoms with van der Waals surface area (Å²) in [6, 6.07) is 9.25. The molecule has 0 saturated heterocycles. The van der Waals surface area contributed by atoms with Gasteiger partial charge < -0.3 is 9.47 Å². The van der Waals surface area contributed by atoms with Crippen molar-refractivity contribution in [2.75, 3.05) is 14.2 Å². The summed E-state index contributed by atoms with van der Waals surface area (Å²) in [6.45, 7) is 1.99. The zero-order valence-corrected chi connectivity index (χ0v) is 13.2. The molecule has 118 valence electrons. The van der Waals surface area contributed by atoms with Crippen LogP contribution in [0.4, 0.5) is 0 Å². The number of hydrogen-bond donors (Lipinski definition) is 0. The van der Waals surface area contributed by atoms with E-state index in [2.05, 4.69) is 9.97 Å². The molecule has 0 atom stereocenters. The average Bonchev–Trinajstić information content (AvgIpc) is 2.58. The molecule has 0 aliphatic carbocycles. The van der Waals surface area contributed by atoms with Crippen molar-refractivity contribution in [3.05, 3.63) is 58.3 Å². The Hall–Kier alpha value is -2.89. The molecular weight excluding hydrogens is 294 g/mol. The number of fused-ring (bicyclic) bond motifs is 1. The zero-order chi connectivity index (χ0) is 16.4. The second kappa shape index (κ2) is 6.08. The van der Waals surface area contributed by atoms with Crippen LogP contribution in [0.15, 0.2) is 41.3 Å². The Labute approximate surface area is 133 Å². The molecule has 3 rings (SSSR count). The maximum atomic E-state index is 12.5. The highest BCUT2D eigenvalue weighted by atomic mass is 16.5. The van der Waals surface area contributed by atoms with Gasteiger partial charge in [-0.3, -0.25) is 14.3 Å². The van der Waals surface area contributed by atoms with Crippen LogP contribution in [0.2, 0.25) is 0 Å². The van der Waals surface area contributed by atoms with Gasteiger partial charge in [0.15, 0.2) is 11.5 Å². The van der Waals surface area contributed by atoms with Crippen molar-refractivity contribution in [1.82, 2.24) is 14.5 Å². The molecule has 2 aromatic heterocycles. The molecule has 0 amide bonds. The summed E-state index contributed by atoms with van der Waals surface area (Å²) in [6.07, 6.45) is 1.64. The summed E-state index contributed by atoms with van der Waals surface area (Å²) in [7, 11) is 3.13. The summed E-state index contributed by atoms with van der Waals surface area (Å²) in [5.74, 6) is 1.11. The largest absolute Gasteiger partial charge is 0.493 e. The Morgan fingerprint density at radius 2 is 1.91 bits per heavy atom. The predicted octanol–water partition coefficient (Wildman–Crippen LogP) is 2.17. The Kier molecular flexibility index (Phi) is 3.97. The number of pyridine rings is 1. The van der Waals surface area contributed by atoms with Crippen LogP contribution in [0.3, 0.4) is 0 Å². The summed E-state index contributed by atoms with van der Waals surface area (Å²) < 4.78 is 12.3. The first-order valence-electron chi connectivity index (χ1n) is 7.17. The number of para-hydroxylation sites is 2. The minimum Gasteiger partial charge on any atom is -0.493 e. The summed E-state index contributed by atoms with van der Waals surface area (Å²) in [5.41, 5.74) is 2.46. The van der Waals surface area contributed by atoms with E-state index in [1.807, 2.05) is 24.3 Å². The summed E-state index contributed by atoms with van der Waals surface area (Å²) >= 11 is 0. The molecule has 0 N–H and O–H groups in total. The van der Waals surface area contributed by atoms with Crippen LogP contribution in [0.25, 0.3) is 11.0 Å². The zero-order valence-electron chi connectivity index (χ0n) is 13.2. The number of methoxy groups -OCH3 is 2. The molecule has 23 heavy (non-hydrogen) atoms. The Morgan fingerprint density at radius 1 is 1.13 bits per heavy atom. The van der Waals surface area contributed by atoms with Gasteiger partial charge in [-0.1, -0.05) is 12.1 Å². The lowest BCUT2D eigenvalue weighted by atomic mass is 10.2. The number of aromatic nitrogens is 3. The molecule has 0 radical (unpaired) electrons. The minimum atomic E-state index is -0.143. The van der Waals surface area contributed by atoms with Gasteiger partial charge in [-0.15, -0.1) is 0 Å². The standard InChI is InChI=1S/C17H17N3O3/c1-11-17(21)20(14-7-5-4-6-12(14)19-11)10-13-16(23-3)15(22-2)8-9-18-13/h4-9H,10H2,1-3H3. The number of aryl methyl sites for hydroxylation is 1. The maximum Gasteiger partial charge on any atom is 0.272 e. The fourth-order valence-electron chi connectivity index (χ4n) is 2.59. The van der Waals surface area contributed by atoms with Crippen molar-refractivity contribution in [2.45, 2.75) is 13.5 Å². The molecule has 0 saturated carbocycles. The van der Waals surface area contributed by atoms with Crippen LogP contribution in [-0.4, -0.2) is 28.8 Å². The van der Waals surface area contributed by atoms with E-state index >= 15 is 0 Å². The second-order valence-electron chi connectivity index (χ2n) is 5.07. The van der Waals surface area contributed by atoms with Gasteiger partial charge in [0.05, 0.1) is 31.8 Å². The molecule has 6 nitrogen and oxygen atoms in total. The van der Waals surface area contributed by atoms with Gasteiger partial charge in [-0.05, 0) is 19.1 Å². The van der Waals surface area contributed by atoms with E-state index in [1.165, 1.54) is 0 Å². The third-order valence-electron chi connectivity index (χ3n) is 3.69. The molecule has 0 unspecified atom stereocenters. The molecule has 0 fully saturated rings. The average molecular weight is 311 g/mol. The molecule has 1 aromatic carbocycles. The van der Waals surface area contributed by atoms with Crippen LogP contribution >= 0.6 is 0 Å². The van der Waals surface area contributed by atoms with Gasteiger partial charge >= 0.3 is 0 Å². The first-order chi connectivity index (χ1) is 11.2. The van der Waals surface area contributed by atoms with Crippen LogP contribution in [0.5, 0.6) is 11.5 Å². The maximum absolute atomic E-state index is 12.5. The molecule has 2 heterocycles. The topological polar surface area (TPSA) is 66.2 Å². The van der Waals surface area contributed by atoms with Crippen molar-refractivity contribution in [3.63, 3.8) is 0 Å². The number of hydrogen-bond acceptors (Lipinski definition) is 5. The van der Waals surface area contributed by atoms with E-state index in [9.17, 15) is 4.79 Å². The number of ether oxygens (including phenoxy) is 2. The van der Waals surface area contributed by atoms with Gasteiger partial charge in [0.2, 0.25) is 0 Å². The van der Waals surface area contributed by atoms with Crippen molar-refractivity contribution in [2.24, 2.45) is 0 Å². The highest BCUT2D eigenvalue weighted by Gasteiger charge is 2.15. The van der Waals surface area contributed by atoms with Crippen molar-refractivity contribution < 1.29 is 9.47 Å². The van der Waals surface area contributed by atoms with Gasteiger partial charge in [-0.25, -0.2) is 4.98 Å². The number of nitrogens with zero attached hydrogens (tertiary/aromatic N) is 3. The third-order valence-corrected chi connectivity index (χ3v) is 3.69. The molecular formula is C17H17N3O3. The lowest BCUT2D eigenvalue weighted by Crippen LogP contribution is -2.25. The molecule has 3 aromatic rings. The first kappa shape index (κ1) is 15.0. The van der Waals surface area contributed by atoms with Gasteiger partial charge in [-0.2, -0.15) is 0 Å². The third kappa shape index (κ3) is 2.63. The van der Waals surface area contributed by atoms with Crippen LogP contribution in [-0.2, 0) is 6.54 Å². The number of benzene rings is 1. The van der Waals surface area contributed by atoms with E-state index in [4.69, 9.17) is 9.47 Å². The van der Waals surface area contributed by atoms with Gasteiger partial charge in [0.25, 0.3) is 5.56 Å². The number of rotatable bonds is 4. The molecule has 0 bridgehead atoms. The lowest BCUT2D eigenvalue weighted by Gasteiger charge is -2.14. The normalized spacial score (nSPS) is 10.7. The molecule has 0 spiro atoms. The van der Waals surface area contributed by atoms with E-state index in [0.29, 0.717) is 22.9 Å². The molecule has 0 aliphatic rings. The van der Waals surface area contributed by atoms with Crippen LogP contribution in [0, 0.1) is 6.92 Å². The molecule has 6 heteroatoms. The van der Waals surface area contributed by atoms with Gasteiger partial charge in [0, 0.05) is 12.3 Å². The fraction of sp³-hybridized carbons (Fsp3) is 0.235. The smallest absolute Gasteiger partial charge is 0.272 e. The lowest BCUT2D eigenvalue weighted by molar-refractivity contribution is 0.348. The summed E-state index contributed by atoms with van der Waals surface area (Å²) in [5, 5.41) is 0. The quantitative estimate of drug-likeness (QED) is 0.739. The van der Waals surface area contributed by atoms with Crippen LogP contribution < -0.4 is 15.0 Å². The van der Waals surface area contributed by atoms with E-state index < -0.39 is 0 Å². The van der Waals surface area contributed by atoms with E-state index in [1.54, 1.807) is 38.0 Å². The Bertz CT molecular complexity index is 919. The Morgan fingerprint density at radius 3 is 2.65 bits per heavy atom. The van der Waals surface area contributed by atoms with E-state index in [0.717, 1.165) is 11.0 Å². The highest BCUT2D eigenvalue weighted by Crippen LogP contribution is 2.29. The highest BCUT2D eigenvalue weighted by molar-refractivity contribution is 5.74.